The Morgan fingerprint density at radius 3 is 2.48 bits per heavy atom. The van der Waals surface area contributed by atoms with Crippen LogP contribution in [-0.2, 0) is 16.3 Å². The highest BCUT2D eigenvalue weighted by molar-refractivity contribution is 7.99. The molecule has 0 aliphatic heterocycles. The van der Waals surface area contributed by atoms with Crippen LogP contribution in [0.5, 0.6) is 0 Å². The Kier molecular flexibility index (Phi) is 5.79. The second-order valence-electron chi connectivity index (χ2n) is 6.39. The standard InChI is InChI=1S/C16H16F3N5O2S/c1-5-26-12(25)9-6-8(7-20)11(21-10(9)16(17,18)19)27-14-22-13(23-24-14)15(2,3)4/h6H,5H2,1-4H3,(H,22,23,24). The molecule has 0 saturated carbocycles. The highest BCUT2D eigenvalue weighted by atomic mass is 32.2. The van der Waals surface area contributed by atoms with Crippen LogP contribution in [0.3, 0.4) is 0 Å². The van der Waals surface area contributed by atoms with Gasteiger partial charge in [-0.1, -0.05) is 20.8 Å². The van der Waals surface area contributed by atoms with Gasteiger partial charge in [0.15, 0.2) is 5.69 Å². The van der Waals surface area contributed by atoms with Gasteiger partial charge in [0.05, 0.1) is 17.7 Å². The molecular weight excluding hydrogens is 383 g/mol. The van der Waals surface area contributed by atoms with E-state index in [1.165, 1.54) is 6.92 Å². The Morgan fingerprint density at radius 1 is 1.33 bits per heavy atom. The van der Waals surface area contributed by atoms with E-state index in [9.17, 15) is 23.2 Å². The van der Waals surface area contributed by atoms with Crippen molar-refractivity contribution in [1.29, 1.82) is 5.26 Å². The Labute approximate surface area is 157 Å². The zero-order valence-electron chi connectivity index (χ0n) is 14.9. The third kappa shape index (κ3) is 4.77. The van der Waals surface area contributed by atoms with E-state index in [1.807, 2.05) is 20.8 Å². The number of pyridine rings is 1. The van der Waals surface area contributed by atoms with Crippen molar-refractivity contribution in [1.82, 2.24) is 20.2 Å². The SMILES string of the molecule is CCOC(=O)c1cc(C#N)c(Sc2n[nH]c(C(C)(C)C)n2)nc1C(F)(F)F. The van der Waals surface area contributed by atoms with E-state index in [-0.39, 0.29) is 27.8 Å². The normalized spacial score (nSPS) is 11.9. The van der Waals surface area contributed by atoms with Crippen LogP contribution in [0.1, 0.15) is 55.1 Å². The van der Waals surface area contributed by atoms with Crippen molar-refractivity contribution < 1.29 is 22.7 Å². The van der Waals surface area contributed by atoms with Gasteiger partial charge in [-0.3, -0.25) is 5.10 Å². The molecule has 0 radical (unpaired) electrons. The van der Waals surface area contributed by atoms with E-state index < -0.39 is 23.4 Å². The van der Waals surface area contributed by atoms with Crippen LogP contribution in [0.2, 0.25) is 0 Å². The summed E-state index contributed by atoms with van der Waals surface area (Å²) in [5.74, 6) is -0.666. The first-order chi connectivity index (χ1) is 12.5. The number of nitrogens with zero attached hydrogens (tertiary/aromatic N) is 4. The Hall–Kier alpha value is -2.61. The predicted molar refractivity (Wildman–Crippen MR) is 89.1 cm³/mol. The molecule has 27 heavy (non-hydrogen) atoms. The van der Waals surface area contributed by atoms with E-state index in [0.29, 0.717) is 17.6 Å². The molecule has 0 bridgehead atoms. The summed E-state index contributed by atoms with van der Waals surface area (Å²) in [6, 6.07) is 2.57. The highest BCUT2D eigenvalue weighted by Gasteiger charge is 2.39. The van der Waals surface area contributed by atoms with Gasteiger partial charge in [-0.2, -0.15) is 18.4 Å². The maximum Gasteiger partial charge on any atom is 0.434 e. The average molecular weight is 399 g/mol. The highest BCUT2D eigenvalue weighted by Crippen LogP contribution is 2.36. The number of H-pyrrole nitrogens is 1. The molecule has 0 atom stereocenters. The molecule has 0 spiro atoms. The molecule has 2 heterocycles. The van der Waals surface area contributed by atoms with Crippen molar-refractivity contribution in [3.05, 3.63) is 28.7 Å². The average Bonchev–Trinajstić information content (AvgIpc) is 3.02. The van der Waals surface area contributed by atoms with Crippen molar-refractivity contribution in [2.45, 2.75) is 49.5 Å². The molecule has 0 fully saturated rings. The summed E-state index contributed by atoms with van der Waals surface area (Å²) in [5, 5.41) is 15.8. The van der Waals surface area contributed by atoms with Crippen molar-refractivity contribution in [3.8, 4) is 6.07 Å². The fourth-order valence-electron chi connectivity index (χ4n) is 1.95. The largest absolute Gasteiger partial charge is 0.462 e. The van der Waals surface area contributed by atoms with Crippen LogP contribution >= 0.6 is 11.8 Å². The molecule has 7 nitrogen and oxygen atoms in total. The zero-order valence-corrected chi connectivity index (χ0v) is 15.7. The van der Waals surface area contributed by atoms with E-state index in [1.54, 1.807) is 6.07 Å². The number of esters is 1. The van der Waals surface area contributed by atoms with Crippen LogP contribution in [0.15, 0.2) is 16.2 Å². The molecule has 1 N–H and O–H groups in total. The molecular formula is C16H16F3N5O2S. The molecule has 2 rings (SSSR count). The van der Waals surface area contributed by atoms with E-state index in [4.69, 9.17) is 0 Å². The van der Waals surface area contributed by atoms with E-state index in [0.717, 1.165) is 6.07 Å². The van der Waals surface area contributed by atoms with Crippen LogP contribution in [0.4, 0.5) is 13.2 Å². The van der Waals surface area contributed by atoms with Gasteiger partial charge in [-0.25, -0.2) is 14.8 Å². The number of aromatic nitrogens is 4. The van der Waals surface area contributed by atoms with Crippen LogP contribution in [0.25, 0.3) is 0 Å². The first-order valence-electron chi connectivity index (χ1n) is 7.77. The molecule has 0 saturated heterocycles. The number of hydrogen-bond acceptors (Lipinski definition) is 7. The maximum atomic E-state index is 13.4. The number of hydrogen-bond donors (Lipinski definition) is 1. The summed E-state index contributed by atoms with van der Waals surface area (Å²) in [7, 11) is 0. The number of carbonyl (C=O) groups excluding carboxylic acids is 1. The van der Waals surface area contributed by atoms with Gasteiger partial charge in [0.2, 0.25) is 5.16 Å². The lowest BCUT2D eigenvalue weighted by molar-refractivity contribution is -0.142. The molecule has 0 amide bonds. The number of aromatic amines is 1. The van der Waals surface area contributed by atoms with E-state index in [2.05, 4.69) is 24.9 Å². The lowest BCUT2D eigenvalue weighted by Crippen LogP contribution is -2.18. The quantitative estimate of drug-likeness (QED) is 0.781. The van der Waals surface area contributed by atoms with Crippen molar-refractivity contribution in [2.24, 2.45) is 0 Å². The summed E-state index contributed by atoms with van der Waals surface area (Å²) in [6.07, 6.45) is -4.90. The Balaban J connectivity index is 2.52. The van der Waals surface area contributed by atoms with Gasteiger partial charge in [0, 0.05) is 5.41 Å². The minimum atomic E-state index is -4.90. The van der Waals surface area contributed by atoms with Gasteiger partial charge < -0.3 is 4.74 Å². The smallest absolute Gasteiger partial charge is 0.434 e. The summed E-state index contributed by atoms with van der Waals surface area (Å²) < 4.78 is 44.7. The first kappa shape index (κ1) is 20.7. The summed E-state index contributed by atoms with van der Waals surface area (Å²) in [6.45, 7) is 7.01. The van der Waals surface area contributed by atoms with Crippen molar-refractivity contribution in [3.63, 3.8) is 0 Å². The number of alkyl halides is 3. The molecule has 0 aliphatic rings. The number of carbonyl (C=O) groups is 1. The number of nitriles is 1. The maximum absolute atomic E-state index is 13.4. The summed E-state index contributed by atoms with van der Waals surface area (Å²) in [5.41, 5.74) is -2.79. The fraction of sp³-hybridized carbons (Fsp3) is 0.438. The van der Waals surface area contributed by atoms with E-state index >= 15 is 0 Å². The molecule has 0 aromatic carbocycles. The Bertz CT molecular complexity index is 897. The number of ether oxygens (including phenoxy) is 1. The van der Waals surface area contributed by atoms with Gasteiger partial charge in [-0.15, -0.1) is 5.10 Å². The topological polar surface area (TPSA) is 105 Å². The summed E-state index contributed by atoms with van der Waals surface area (Å²) >= 11 is 0.701. The third-order valence-electron chi connectivity index (χ3n) is 3.24. The first-order valence-corrected chi connectivity index (χ1v) is 8.59. The van der Waals surface area contributed by atoms with Gasteiger partial charge in [0.1, 0.15) is 16.9 Å². The third-order valence-corrected chi connectivity index (χ3v) is 4.10. The second-order valence-corrected chi connectivity index (χ2v) is 7.34. The van der Waals surface area contributed by atoms with Crippen LogP contribution < -0.4 is 0 Å². The van der Waals surface area contributed by atoms with Crippen molar-refractivity contribution in [2.75, 3.05) is 6.61 Å². The monoisotopic (exact) mass is 399 g/mol. The molecule has 2 aromatic rings. The minimum Gasteiger partial charge on any atom is -0.462 e. The van der Waals surface area contributed by atoms with Crippen LogP contribution in [0, 0.1) is 11.3 Å². The van der Waals surface area contributed by atoms with Crippen LogP contribution in [-0.4, -0.2) is 32.7 Å². The van der Waals surface area contributed by atoms with Gasteiger partial charge in [-0.05, 0) is 24.8 Å². The predicted octanol–water partition coefficient (Wildman–Crippen LogP) is 3.72. The molecule has 0 aliphatic carbocycles. The van der Waals surface area contributed by atoms with Gasteiger partial charge in [0.25, 0.3) is 0 Å². The molecule has 144 valence electrons. The number of nitrogens with one attached hydrogen (secondary N) is 1. The number of rotatable bonds is 4. The fourth-order valence-corrected chi connectivity index (χ4v) is 2.70. The lowest BCUT2D eigenvalue weighted by Gasteiger charge is -2.13. The lowest BCUT2D eigenvalue weighted by atomic mass is 9.96. The Morgan fingerprint density at radius 2 is 2.00 bits per heavy atom. The second kappa shape index (κ2) is 7.56. The van der Waals surface area contributed by atoms with Crippen molar-refractivity contribution >= 4 is 17.7 Å². The molecule has 11 heteroatoms. The van der Waals surface area contributed by atoms with Gasteiger partial charge >= 0.3 is 12.1 Å². The minimum absolute atomic E-state index is 0.110. The number of halogens is 3. The molecule has 0 unspecified atom stereocenters. The molecule has 2 aromatic heterocycles. The summed E-state index contributed by atoms with van der Waals surface area (Å²) in [4.78, 5) is 19.6. The zero-order chi connectivity index (χ0) is 20.4.